The third-order valence-corrected chi connectivity index (χ3v) is 4.97. The molecule has 1 fully saturated rings. The Hall–Kier alpha value is -1.84. The van der Waals surface area contributed by atoms with Gasteiger partial charge in [0.1, 0.15) is 0 Å². The monoisotopic (exact) mass is 317 g/mol. The number of hydrogen-bond donors (Lipinski definition) is 2. The third kappa shape index (κ3) is 4.34. The van der Waals surface area contributed by atoms with E-state index in [1.54, 1.807) is 0 Å². The van der Waals surface area contributed by atoms with Crippen molar-refractivity contribution in [3.8, 4) is 0 Å². The zero-order valence-corrected chi connectivity index (χ0v) is 14.3. The van der Waals surface area contributed by atoms with Gasteiger partial charge in [-0.05, 0) is 37.3 Å². The Balaban J connectivity index is 1.96. The van der Waals surface area contributed by atoms with E-state index in [0.29, 0.717) is 19.4 Å². The van der Waals surface area contributed by atoms with Gasteiger partial charge in [-0.3, -0.25) is 9.59 Å². The molecule has 2 N–H and O–H groups in total. The number of carbonyl (C=O) groups excluding carboxylic acids is 1. The molecule has 4 heteroatoms. The van der Waals surface area contributed by atoms with Gasteiger partial charge in [-0.15, -0.1) is 0 Å². The Morgan fingerprint density at radius 1 is 1.22 bits per heavy atom. The van der Waals surface area contributed by atoms with Crippen molar-refractivity contribution in [3.05, 3.63) is 35.4 Å². The number of aliphatic carboxylic acids is 1. The number of aryl methyl sites for hydroxylation is 1. The van der Waals surface area contributed by atoms with Crippen LogP contribution in [0.15, 0.2) is 24.3 Å². The SMILES string of the molecule is Cc1ccccc1C(C)(C)CNC(=O)C1CCCC(C(=O)O)C1. The van der Waals surface area contributed by atoms with Crippen LogP contribution < -0.4 is 5.32 Å². The summed E-state index contributed by atoms with van der Waals surface area (Å²) in [6, 6.07) is 8.21. The van der Waals surface area contributed by atoms with Crippen LogP contribution in [0.2, 0.25) is 0 Å². The lowest BCUT2D eigenvalue weighted by Crippen LogP contribution is -2.41. The van der Waals surface area contributed by atoms with E-state index < -0.39 is 5.97 Å². The number of rotatable bonds is 5. The molecule has 0 heterocycles. The summed E-state index contributed by atoms with van der Waals surface area (Å²) in [6.07, 6.45) is 2.76. The Labute approximate surface area is 138 Å². The van der Waals surface area contributed by atoms with E-state index in [2.05, 4.69) is 38.2 Å². The smallest absolute Gasteiger partial charge is 0.306 e. The molecule has 2 rings (SSSR count). The van der Waals surface area contributed by atoms with Gasteiger partial charge in [0.25, 0.3) is 0 Å². The van der Waals surface area contributed by atoms with Crippen LogP contribution >= 0.6 is 0 Å². The minimum absolute atomic E-state index is 0.00221. The minimum Gasteiger partial charge on any atom is -0.481 e. The molecule has 2 atom stereocenters. The topological polar surface area (TPSA) is 66.4 Å². The highest BCUT2D eigenvalue weighted by atomic mass is 16.4. The molecule has 0 spiro atoms. The van der Waals surface area contributed by atoms with Gasteiger partial charge in [-0.25, -0.2) is 0 Å². The molecule has 0 radical (unpaired) electrons. The first kappa shape index (κ1) is 17.5. The maximum atomic E-state index is 12.4. The van der Waals surface area contributed by atoms with Crippen molar-refractivity contribution in [2.24, 2.45) is 11.8 Å². The molecule has 4 nitrogen and oxygen atoms in total. The molecule has 126 valence electrons. The molecule has 23 heavy (non-hydrogen) atoms. The Morgan fingerprint density at radius 2 is 1.87 bits per heavy atom. The molecule has 2 unspecified atom stereocenters. The first-order valence-corrected chi connectivity index (χ1v) is 8.38. The molecular formula is C19H27NO3. The Bertz CT molecular complexity index is 580. The average Bonchev–Trinajstić information content (AvgIpc) is 2.53. The summed E-state index contributed by atoms with van der Waals surface area (Å²) in [7, 11) is 0. The fourth-order valence-electron chi connectivity index (χ4n) is 3.53. The molecular weight excluding hydrogens is 290 g/mol. The quantitative estimate of drug-likeness (QED) is 0.876. The zero-order valence-electron chi connectivity index (χ0n) is 14.3. The fourth-order valence-corrected chi connectivity index (χ4v) is 3.53. The molecule has 1 aromatic carbocycles. The van der Waals surface area contributed by atoms with Gasteiger partial charge in [0.05, 0.1) is 5.92 Å². The van der Waals surface area contributed by atoms with Crippen LogP contribution in [0.25, 0.3) is 0 Å². The van der Waals surface area contributed by atoms with Crippen LogP contribution in [0.5, 0.6) is 0 Å². The molecule has 0 saturated heterocycles. The van der Waals surface area contributed by atoms with Crippen LogP contribution in [0, 0.1) is 18.8 Å². The second-order valence-electron chi connectivity index (χ2n) is 7.32. The van der Waals surface area contributed by atoms with Crippen LogP contribution in [-0.2, 0) is 15.0 Å². The van der Waals surface area contributed by atoms with E-state index >= 15 is 0 Å². The van der Waals surface area contributed by atoms with Gasteiger partial charge in [0.15, 0.2) is 0 Å². The number of benzene rings is 1. The molecule has 0 bridgehead atoms. The largest absolute Gasteiger partial charge is 0.481 e. The van der Waals surface area contributed by atoms with Crippen molar-refractivity contribution in [1.82, 2.24) is 5.32 Å². The predicted octanol–water partition coefficient (Wildman–Crippen LogP) is 3.28. The summed E-state index contributed by atoms with van der Waals surface area (Å²) in [5, 5.41) is 12.2. The van der Waals surface area contributed by atoms with Gasteiger partial charge >= 0.3 is 5.97 Å². The van der Waals surface area contributed by atoms with Crippen LogP contribution in [0.1, 0.15) is 50.7 Å². The lowest BCUT2D eigenvalue weighted by molar-refractivity contribution is -0.144. The minimum atomic E-state index is -0.775. The van der Waals surface area contributed by atoms with E-state index in [9.17, 15) is 9.59 Å². The highest BCUT2D eigenvalue weighted by Crippen LogP contribution is 2.30. The van der Waals surface area contributed by atoms with E-state index in [4.69, 9.17) is 5.11 Å². The standard InChI is InChI=1S/C19H27NO3/c1-13-7-4-5-10-16(13)19(2,3)12-20-17(21)14-8-6-9-15(11-14)18(22)23/h4-5,7,10,14-15H,6,8-9,11-12H2,1-3H3,(H,20,21)(H,22,23). The summed E-state index contributed by atoms with van der Waals surface area (Å²) in [5.74, 6) is -1.32. The van der Waals surface area contributed by atoms with Gasteiger partial charge in [-0.1, -0.05) is 44.5 Å². The second-order valence-corrected chi connectivity index (χ2v) is 7.32. The first-order chi connectivity index (χ1) is 10.8. The molecule has 0 aliphatic heterocycles. The van der Waals surface area contributed by atoms with Crippen LogP contribution in [0.3, 0.4) is 0 Å². The predicted molar refractivity (Wildman–Crippen MR) is 90.3 cm³/mol. The van der Waals surface area contributed by atoms with Crippen LogP contribution in [0.4, 0.5) is 0 Å². The van der Waals surface area contributed by atoms with Gasteiger partial charge in [0, 0.05) is 17.9 Å². The van der Waals surface area contributed by atoms with Crippen molar-refractivity contribution >= 4 is 11.9 Å². The summed E-state index contributed by atoms with van der Waals surface area (Å²) in [5.41, 5.74) is 2.30. The molecule has 1 aliphatic carbocycles. The lowest BCUT2D eigenvalue weighted by atomic mass is 9.80. The van der Waals surface area contributed by atoms with Crippen molar-refractivity contribution in [3.63, 3.8) is 0 Å². The van der Waals surface area contributed by atoms with Crippen molar-refractivity contribution in [2.45, 2.75) is 51.9 Å². The molecule has 1 saturated carbocycles. The fraction of sp³-hybridized carbons (Fsp3) is 0.579. The van der Waals surface area contributed by atoms with E-state index in [-0.39, 0.29) is 23.2 Å². The van der Waals surface area contributed by atoms with Gasteiger partial charge in [0.2, 0.25) is 5.91 Å². The van der Waals surface area contributed by atoms with Crippen molar-refractivity contribution in [2.75, 3.05) is 6.54 Å². The van der Waals surface area contributed by atoms with Gasteiger partial charge in [-0.2, -0.15) is 0 Å². The highest BCUT2D eigenvalue weighted by Gasteiger charge is 2.32. The number of carboxylic acid groups (broad SMARTS) is 1. The molecule has 1 aliphatic rings. The number of carbonyl (C=O) groups is 2. The van der Waals surface area contributed by atoms with E-state index in [1.165, 1.54) is 11.1 Å². The van der Waals surface area contributed by atoms with Crippen molar-refractivity contribution in [1.29, 1.82) is 0 Å². The summed E-state index contributed by atoms with van der Waals surface area (Å²) >= 11 is 0. The number of hydrogen-bond acceptors (Lipinski definition) is 2. The first-order valence-electron chi connectivity index (χ1n) is 8.38. The second kappa shape index (κ2) is 7.16. The zero-order chi connectivity index (χ0) is 17.0. The number of carboxylic acids is 1. The maximum Gasteiger partial charge on any atom is 0.306 e. The normalized spacial score (nSPS) is 21.7. The number of amides is 1. The Morgan fingerprint density at radius 3 is 2.52 bits per heavy atom. The Kier molecular flexibility index (Phi) is 5.45. The van der Waals surface area contributed by atoms with E-state index in [0.717, 1.165) is 12.8 Å². The molecule has 0 aromatic heterocycles. The third-order valence-electron chi connectivity index (χ3n) is 4.97. The maximum absolute atomic E-state index is 12.4. The average molecular weight is 317 g/mol. The summed E-state index contributed by atoms with van der Waals surface area (Å²) < 4.78 is 0. The summed E-state index contributed by atoms with van der Waals surface area (Å²) in [4.78, 5) is 23.6. The lowest BCUT2D eigenvalue weighted by Gasteiger charge is -2.30. The molecule has 1 amide bonds. The van der Waals surface area contributed by atoms with Crippen molar-refractivity contribution < 1.29 is 14.7 Å². The number of nitrogens with one attached hydrogen (secondary N) is 1. The van der Waals surface area contributed by atoms with Gasteiger partial charge < -0.3 is 10.4 Å². The van der Waals surface area contributed by atoms with Crippen LogP contribution in [-0.4, -0.2) is 23.5 Å². The highest BCUT2D eigenvalue weighted by molar-refractivity contribution is 5.80. The summed E-state index contributed by atoms with van der Waals surface area (Å²) in [6.45, 7) is 6.88. The van der Waals surface area contributed by atoms with E-state index in [1.807, 2.05) is 12.1 Å². The molecule has 1 aromatic rings.